The van der Waals surface area contributed by atoms with Crippen LogP contribution in [0.1, 0.15) is 12.8 Å². The second-order valence-electron chi connectivity index (χ2n) is 5.93. The van der Waals surface area contributed by atoms with Gasteiger partial charge in [-0.15, -0.1) is 0 Å². The monoisotopic (exact) mass is 303 g/mol. The smallest absolute Gasteiger partial charge is 0.327 e. The number of benzene rings is 1. The molecule has 1 spiro atoms. The van der Waals surface area contributed by atoms with E-state index in [1.54, 1.807) is 26.1 Å². The Morgan fingerprint density at radius 1 is 1.14 bits per heavy atom. The number of likely N-dealkylation sites (N-methyl/N-ethyl adjacent to an activating group) is 2. The minimum Gasteiger partial charge on any atom is -0.497 e. The number of piperidine rings is 1. The van der Waals surface area contributed by atoms with Crippen LogP contribution in [-0.2, 0) is 4.79 Å². The number of carbonyl (C=O) groups is 2. The highest BCUT2D eigenvalue weighted by Gasteiger charge is 2.55. The molecule has 2 aliphatic rings. The van der Waals surface area contributed by atoms with E-state index in [-0.39, 0.29) is 11.9 Å². The number of nitrogens with zero attached hydrogens (tertiary/aromatic N) is 3. The lowest BCUT2D eigenvalue weighted by atomic mass is 9.86. The van der Waals surface area contributed by atoms with E-state index in [2.05, 4.69) is 4.90 Å². The van der Waals surface area contributed by atoms with Crippen LogP contribution < -0.4 is 9.64 Å². The summed E-state index contributed by atoms with van der Waals surface area (Å²) in [5.74, 6) is 0.743. The van der Waals surface area contributed by atoms with Crippen LogP contribution in [0.3, 0.4) is 0 Å². The third kappa shape index (κ3) is 2.01. The van der Waals surface area contributed by atoms with Gasteiger partial charge in [0.15, 0.2) is 0 Å². The van der Waals surface area contributed by atoms with Crippen molar-refractivity contribution in [2.24, 2.45) is 0 Å². The first kappa shape index (κ1) is 14.7. The quantitative estimate of drug-likeness (QED) is 0.778. The van der Waals surface area contributed by atoms with Gasteiger partial charge >= 0.3 is 6.03 Å². The molecule has 0 aliphatic carbocycles. The summed E-state index contributed by atoms with van der Waals surface area (Å²) in [6, 6.07) is 7.70. The molecule has 1 aromatic rings. The number of imide groups is 1. The number of methoxy groups -OCH3 is 1. The summed E-state index contributed by atoms with van der Waals surface area (Å²) in [5.41, 5.74) is 0.420. The van der Waals surface area contributed by atoms with Crippen LogP contribution in [0.25, 0.3) is 0 Å². The van der Waals surface area contributed by atoms with Gasteiger partial charge in [0, 0.05) is 38.9 Å². The van der Waals surface area contributed by atoms with Gasteiger partial charge in [0.05, 0.1) is 7.11 Å². The Labute approximate surface area is 130 Å². The summed E-state index contributed by atoms with van der Waals surface area (Å²) < 4.78 is 5.26. The fourth-order valence-corrected chi connectivity index (χ4v) is 3.44. The average Bonchev–Trinajstić information content (AvgIpc) is 2.72. The molecular formula is C16H21N3O3. The van der Waals surface area contributed by atoms with Crippen LogP contribution >= 0.6 is 0 Å². The highest BCUT2D eigenvalue weighted by Crippen LogP contribution is 2.37. The summed E-state index contributed by atoms with van der Waals surface area (Å²) in [6.07, 6.45) is 1.30. The minimum absolute atomic E-state index is 0.0784. The van der Waals surface area contributed by atoms with Crippen molar-refractivity contribution in [3.63, 3.8) is 0 Å². The molecule has 6 nitrogen and oxygen atoms in total. The van der Waals surface area contributed by atoms with E-state index in [0.717, 1.165) is 24.5 Å². The molecular weight excluding hydrogens is 282 g/mol. The fourth-order valence-electron chi connectivity index (χ4n) is 3.44. The molecule has 0 N–H and O–H groups in total. The van der Waals surface area contributed by atoms with Gasteiger partial charge in [0.25, 0.3) is 5.91 Å². The third-order valence-electron chi connectivity index (χ3n) is 4.93. The van der Waals surface area contributed by atoms with Crippen molar-refractivity contribution >= 4 is 17.6 Å². The third-order valence-corrected chi connectivity index (χ3v) is 4.93. The molecule has 3 rings (SSSR count). The zero-order chi connectivity index (χ0) is 15.9. The first-order valence-electron chi connectivity index (χ1n) is 7.44. The van der Waals surface area contributed by atoms with Gasteiger partial charge in [-0.25, -0.2) is 4.79 Å². The molecule has 2 saturated heterocycles. The van der Waals surface area contributed by atoms with Crippen molar-refractivity contribution in [1.29, 1.82) is 0 Å². The second kappa shape index (κ2) is 5.19. The van der Waals surface area contributed by atoms with Gasteiger partial charge in [0.1, 0.15) is 11.3 Å². The van der Waals surface area contributed by atoms with Crippen LogP contribution in [0.5, 0.6) is 5.75 Å². The standard InChI is InChI=1S/C16H21N3O3/c1-17-14(20)16(18(2)15(17)21)7-9-19(10-8-16)12-5-4-6-13(11-12)22-3/h4-6,11H,7-10H2,1-3H3. The highest BCUT2D eigenvalue weighted by atomic mass is 16.5. The lowest BCUT2D eigenvalue weighted by Gasteiger charge is -2.41. The number of amides is 3. The first-order chi connectivity index (χ1) is 10.5. The van der Waals surface area contributed by atoms with Crippen molar-refractivity contribution in [2.45, 2.75) is 18.4 Å². The molecule has 0 bridgehead atoms. The molecule has 6 heteroatoms. The topological polar surface area (TPSA) is 53.1 Å². The summed E-state index contributed by atoms with van der Waals surface area (Å²) in [5, 5.41) is 0. The lowest BCUT2D eigenvalue weighted by Crippen LogP contribution is -2.55. The van der Waals surface area contributed by atoms with E-state index in [4.69, 9.17) is 4.74 Å². The van der Waals surface area contributed by atoms with Crippen LogP contribution in [-0.4, -0.2) is 61.6 Å². The van der Waals surface area contributed by atoms with E-state index in [0.29, 0.717) is 12.8 Å². The van der Waals surface area contributed by atoms with Crippen LogP contribution in [0.4, 0.5) is 10.5 Å². The van der Waals surface area contributed by atoms with Gasteiger partial charge in [-0.1, -0.05) is 6.07 Å². The van der Waals surface area contributed by atoms with Crippen molar-refractivity contribution < 1.29 is 14.3 Å². The maximum absolute atomic E-state index is 12.5. The molecule has 22 heavy (non-hydrogen) atoms. The number of carbonyl (C=O) groups excluding carboxylic acids is 2. The summed E-state index contributed by atoms with van der Waals surface area (Å²) in [7, 11) is 4.94. The van der Waals surface area contributed by atoms with Gasteiger partial charge in [-0.05, 0) is 25.0 Å². The van der Waals surface area contributed by atoms with E-state index < -0.39 is 5.54 Å². The molecule has 2 heterocycles. The normalized spacial score (nSPS) is 21.0. The second-order valence-corrected chi connectivity index (χ2v) is 5.93. The van der Waals surface area contributed by atoms with Crippen LogP contribution in [0.15, 0.2) is 24.3 Å². The average molecular weight is 303 g/mol. The van der Waals surface area contributed by atoms with Crippen molar-refractivity contribution in [3.8, 4) is 5.75 Å². The SMILES string of the molecule is COc1cccc(N2CCC3(CC2)C(=O)N(C)C(=O)N3C)c1. The maximum atomic E-state index is 12.5. The molecule has 0 atom stereocenters. The summed E-state index contributed by atoms with van der Waals surface area (Å²) in [6.45, 7) is 1.48. The molecule has 0 unspecified atom stereocenters. The number of rotatable bonds is 2. The van der Waals surface area contributed by atoms with E-state index in [1.165, 1.54) is 4.90 Å². The van der Waals surface area contributed by atoms with Crippen LogP contribution in [0, 0.1) is 0 Å². The molecule has 0 aromatic heterocycles. The minimum atomic E-state index is -0.665. The summed E-state index contributed by atoms with van der Waals surface area (Å²) in [4.78, 5) is 29.6. The Balaban J connectivity index is 1.78. The molecule has 3 amide bonds. The van der Waals surface area contributed by atoms with Gasteiger partial charge < -0.3 is 14.5 Å². The Morgan fingerprint density at radius 2 is 1.82 bits per heavy atom. The van der Waals surface area contributed by atoms with E-state index >= 15 is 0 Å². The lowest BCUT2D eigenvalue weighted by molar-refractivity contribution is -0.133. The maximum Gasteiger partial charge on any atom is 0.327 e. The number of anilines is 1. The molecule has 2 aliphatic heterocycles. The van der Waals surface area contributed by atoms with Crippen molar-refractivity contribution in [2.75, 3.05) is 39.2 Å². The van der Waals surface area contributed by atoms with Gasteiger partial charge in [-0.2, -0.15) is 0 Å². The summed E-state index contributed by atoms with van der Waals surface area (Å²) >= 11 is 0. The number of hydrogen-bond donors (Lipinski definition) is 0. The molecule has 0 saturated carbocycles. The number of hydrogen-bond acceptors (Lipinski definition) is 4. The molecule has 1 aromatic carbocycles. The van der Waals surface area contributed by atoms with Gasteiger partial charge in [0.2, 0.25) is 0 Å². The van der Waals surface area contributed by atoms with Crippen LogP contribution in [0.2, 0.25) is 0 Å². The number of urea groups is 1. The van der Waals surface area contributed by atoms with Gasteiger partial charge in [-0.3, -0.25) is 9.69 Å². The Bertz CT molecular complexity index is 608. The van der Waals surface area contributed by atoms with E-state index in [9.17, 15) is 9.59 Å². The number of ether oxygens (including phenoxy) is 1. The Morgan fingerprint density at radius 3 is 2.36 bits per heavy atom. The Hall–Kier alpha value is -2.24. The highest BCUT2D eigenvalue weighted by molar-refractivity contribution is 6.06. The predicted molar refractivity (Wildman–Crippen MR) is 83.1 cm³/mol. The zero-order valence-corrected chi connectivity index (χ0v) is 13.2. The van der Waals surface area contributed by atoms with Crippen molar-refractivity contribution in [3.05, 3.63) is 24.3 Å². The largest absolute Gasteiger partial charge is 0.497 e. The Kier molecular flexibility index (Phi) is 3.47. The van der Waals surface area contributed by atoms with Crippen molar-refractivity contribution in [1.82, 2.24) is 9.80 Å². The predicted octanol–water partition coefficient (Wildman–Crippen LogP) is 1.56. The molecule has 2 fully saturated rings. The molecule has 0 radical (unpaired) electrons. The fraction of sp³-hybridized carbons (Fsp3) is 0.500. The molecule has 118 valence electrons. The zero-order valence-electron chi connectivity index (χ0n) is 13.2. The van der Waals surface area contributed by atoms with E-state index in [1.807, 2.05) is 24.3 Å². The first-order valence-corrected chi connectivity index (χ1v) is 7.44.